The van der Waals surface area contributed by atoms with Gasteiger partial charge < -0.3 is 15.4 Å². The summed E-state index contributed by atoms with van der Waals surface area (Å²) < 4.78 is 5.09. The number of carbonyl (C=O) groups is 1. The van der Waals surface area contributed by atoms with E-state index in [-0.39, 0.29) is 18.0 Å². The molecule has 0 spiro atoms. The highest BCUT2D eigenvalue weighted by Crippen LogP contribution is 2.16. The maximum absolute atomic E-state index is 12.1. The van der Waals surface area contributed by atoms with Gasteiger partial charge in [0.15, 0.2) is 0 Å². The fraction of sp³-hybridized carbons (Fsp3) is 0.375. The van der Waals surface area contributed by atoms with Crippen LogP contribution in [-0.2, 0) is 0 Å². The third kappa shape index (κ3) is 4.08. The summed E-state index contributed by atoms with van der Waals surface area (Å²) in [5.74, 6) is 1.04. The van der Waals surface area contributed by atoms with Crippen LogP contribution in [0.15, 0.2) is 41.5 Å². The average molecular weight is 287 g/mol. The minimum atomic E-state index is -0.228. The summed E-state index contributed by atoms with van der Waals surface area (Å²) in [6.45, 7) is 4.14. The Morgan fingerprint density at radius 2 is 2.00 bits per heavy atom. The highest BCUT2D eigenvalue weighted by molar-refractivity contribution is 5.98. The predicted molar refractivity (Wildman–Crippen MR) is 85.0 cm³/mol. The van der Waals surface area contributed by atoms with E-state index in [0.717, 1.165) is 23.6 Å². The fourth-order valence-electron chi connectivity index (χ4n) is 2.20. The van der Waals surface area contributed by atoms with Crippen molar-refractivity contribution in [1.29, 1.82) is 0 Å². The number of urea groups is 1. The van der Waals surface area contributed by atoms with E-state index in [1.807, 2.05) is 6.08 Å². The second kappa shape index (κ2) is 6.92. The van der Waals surface area contributed by atoms with Gasteiger partial charge in [-0.1, -0.05) is 19.9 Å². The molecule has 5 heteroatoms. The maximum Gasteiger partial charge on any atom is 0.319 e. The van der Waals surface area contributed by atoms with Crippen LogP contribution in [0.25, 0.3) is 0 Å². The number of anilines is 1. The predicted octanol–water partition coefficient (Wildman–Crippen LogP) is 3.20. The topological polar surface area (TPSA) is 62.7 Å². The molecule has 21 heavy (non-hydrogen) atoms. The zero-order chi connectivity index (χ0) is 15.2. The summed E-state index contributed by atoms with van der Waals surface area (Å²) in [7, 11) is 1.61. The molecule has 1 atom stereocenters. The van der Waals surface area contributed by atoms with E-state index in [2.05, 4.69) is 29.5 Å². The van der Waals surface area contributed by atoms with Crippen LogP contribution in [0.1, 0.15) is 20.3 Å². The van der Waals surface area contributed by atoms with Crippen LogP contribution in [-0.4, -0.2) is 24.9 Å². The molecule has 2 N–H and O–H groups in total. The third-order valence-corrected chi connectivity index (χ3v) is 3.33. The number of rotatable bonds is 5. The van der Waals surface area contributed by atoms with Crippen LogP contribution in [0.4, 0.5) is 10.5 Å². The second-order valence-corrected chi connectivity index (χ2v) is 5.26. The molecule has 1 aliphatic rings. The number of nitrogens with one attached hydrogen (secondary N) is 2. The number of nitrogens with zero attached hydrogens (tertiary/aromatic N) is 1. The van der Waals surface area contributed by atoms with Gasteiger partial charge in [-0.05, 0) is 30.2 Å². The minimum Gasteiger partial charge on any atom is -0.497 e. The quantitative estimate of drug-likeness (QED) is 0.873. The van der Waals surface area contributed by atoms with Gasteiger partial charge in [-0.3, -0.25) is 4.99 Å². The van der Waals surface area contributed by atoms with E-state index in [9.17, 15) is 4.79 Å². The Morgan fingerprint density at radius 1 is 1.29 bits per heavy atom. The largest absolute Gasteiger partial charge is 0.497 e. The molecule has 2 amide bonds. The first-order valence-corrected chi connectivity index (χ1v) is 7.03. The van der Waals surface area contributed by atoms with E-state index in [1.54, 1.807) is 37.6 Å². The Balaban J connectivity index is 1.95. The van der Waals surface area contributed by atoms with Gasteiger partial charge >= 0.3 is 6.03 Å². The molecule has 1 aromatic rings. The number of carbonyl (C=O) groups excluding carboxylic acids is 1. The van der Waals surface area contributed by atoms with Crippen molar-refractivity contribution in [3.63, 3.8) is 0 Å². The maximum atomic E-state index is 12.1. The van der Waals surface area contributed by atoms with Gasteiger partial charge in [0.2, 0.25) is 0 Å². The van der Waals surface area contributed by atoms with Crippen LogP contribution in [0.2, 0.25) is 0 Å². The van der Waals surface area contributed by atoms with E-state index in [4.69, 9.17) is 4.74 Å². The van der Waals surface area contributed by atoms with Crippen molar-refractivity contribution >= 4 is 17.4 Å². The van der Waals surface area contributed by atoms with Gasteiger partial charge in [-0.2, -0.15) is 0 Å². The lowest BCUT2D eigenvalue weighted by atomic mass is 9.98. The number of ether oxygens (including phenoxy) is 1. The van der Waals surface area contributed by atoms with Crippen LogP contribution < -0.4 is 15.4 Å². The average Bonchev–Trinajstić information content (AvgIpc) is 2.99. The Labute approximate surface area is 125 Å². The van der Waals surface area contributed by atoms with Gasteiger partial charge in [0.1, 0.15) is 5.75 Å². The third-order valence-electron chi connectivity index (χ3n) is 3.33. The van der Waals surface area contributed by atoms with Crippen LogP contribution in [0.5, 0.6) is 5.75 Å². The van der Waals surface area contributed by atoms with Crippen molar-refractivity contribution in [1.82, 2.24) is 5.32 Å². The zero-order valence-electron chi connectivity index (χ0n) is 12.6. The first-order valence-electron chi connectivity index (χ1n) is 7.03. The summed E-state index contributed by atoms with van der Waals surface area (Å²) in [6, 6.07) is 6.93. The van der Waals surface area contributed by atoms with Crippen molar-refractivity contribution in [3.8, 4) is 5.75 Å². The Hall–Kier alpha value is -2.30. The molecule has 1 aromatic carbocycles. The fourth-order valence-corrected chi connectivity index (χ4v) is 2.20. The number of aliphatic imine (C=N–C) groups is 1. The molecule has 0 fully saturated rings. The van der Waals surface area contributed by atoms with Gasteiger partial charge in [0, 0.05) is 24.0 Å². The summed E-state index contributed by atoms with van der Waals surface area (Å²) in [5, 5.41) is 5.80. The Kier molecular flexibility index (Phi) is 4.98. The number of allylic oxidation sites excluding steroid dienone is 1. The van der Waals surface area contributed by atoms with E-state index in [0.29, 0.717) is 0 Å². The molecule has 2 rings (SSSR count). The number of hydrogen-bond acceptors (Lipinski definition) is 3. The zero-order valence-corrected chi connectivity index (χ0v) is 12.6. The van der Waals surface area contributed by atoms with Crippen molar-refractivity contribution in [2.24, 2.45) is 10.9 Å². The van der Waals surface area contributed by atoms with E-state index < -0.39 is 0 Å². The Morgan fingerprint density at radius 3 is 2.52 bits per heavy atom. The van der Waals surface area contributed by atoms with E-state index >= 15 is 0 Å². The highest BCUT2D eigenvalue weighted by atomic mass is 16.5. The van der Waals surface area contributed by atoms with Crippen molar-refractivity contribution < 1.29 is 9.53 Å². The summed E-state index contributed by atoms with van der Waals surface area (Å²) in [4.78, 5) is 16.4. The summed E-state index contributed by atoms with van der Waals surface area (Å²) >= 11 is 0. The number of benzene rings is 1. The molecule has 0 saturated carbocycles. The lowest BCUT2D eigenvalue weighted by Gasteiger charge is -2.22. The van der Waals surface area contributed by atoms with Gasteiger partial charge in [-0.15, -0.1) is 0 Å². The molecule has 1 aliphatic heterocycles. The monoisotopic (exact) mass is 287 g/mol. The highest BCUT2D eigenvalue weighted by Gasteiger charge is 2.22. The van der Waals surface area contributed by atoms with Crippen molar-refractivity contribution in [2.75, 3.05) is 12.4 Å². The summed E-state index contributed by atoms with van der Waals surface area (Å²) in [5.41, 5.74) is 1.72. The number of methoxy groups -OCH3 is 1. The lowest BCUT2D eigenvalue weighted by Crippen LogP contribution is -2.45. The number of amides is 2. The first-order chi connectivity index (χ1) is 10.1. The molecule has 0 unspecified atom stereocenters. The Bertz CT molecular complexity index is 547. The lowest BCUT2D eigenvalue weighted by molar-refractivity contribution is 0.248. The summed E-state index contributed by atoms with van der Waals surface area (Å²) in [6.07, 6.45) is 4.58. The molecular weight excluding hydrogens is 266 g/mol. The molecule has 1 heterocycles. The number of hydrogen-bond donors (Lipinski definition) is 2. The van der Waals surface area contributed by atoms with Crippen molar-refractivity contribution in [3.05, 3.63) is 36.5 Å². The smallest absolute Gasteiger partial charge is 0.319 e. The van der Waals surface area contributed by atoms with Gasteiger partial charge in [-0.25, -0.2) is 4.79 Å². The van der Waals surface area contributed by atoms with Gasteiger partial charge in [0.05, 0.1) is 13.2 Å². The van der Waals surface area contributed by atoms with E-state index in [1.165, 1.54) is 0 Å². The molecule has 5 nitrogen and oxygen atoms in total. The standard InChI is InChI=1S/C16H21N3O2/c1-11(2)15(14-5-4-10-17-14)19-16(20)18-12-6-8-13(21-3)9-7-12/h4,6-11,15H,5H2,1-3H3,(H2,18,19,20)/t15-/m0/s1. The SMILES string of the molecule is COc1ccc(NC(=O)N[C@H](C2=NC=CC2)C(C)C)cc1. The molecular formula is C16H21N3O2. The van der Waals surface area contributed by atoms with Crippen LogP contribution >= 0.6 is 0 Å². The molecule has 0 aliphatic carbocycles. The molecule has 0 aromatic heterocycles. The van der Waals surface area contributed by atoms with Crippen LogP contribution in [0, 0.1) is 5.92 Å². The first kappa shape index (κ1) is 15.1. The second-order valence-electron chi connectivity index (χ2n) is 5.26. The molecule has 0 bridgehead atoms. The minimum absolute atomic E-state index is 0.0572. The van der Waals surface area contributed by atoms with Crippen molar-refractivity contribution in [2.45, 2.75) is 26.3 Å². The molecule has 0 radical (unpaired) electrons. The van der Waals surface area contributed by atoms with Gasteiger partial charge in [0.25, 0.3) is 0 Å². The normalized spacial score (nSPS) is 14.8. The molecule has 0 saturated heterocycles. The molecule has 112 valence electrons. The van der Waals surface area contributed by atoms with Crippen LogP contribution in [0.3, 0.4) is 0 Å².